The normalized spacial score (nSPS) is 13.7. The van der Waals surface area contributed by atoms with E-state index < -0.39 is 18.2 Å². The summed E-state index contributed by atoms with van der Waals surface area (Å²) in [6.07, 6.45) is 36.8. The maximum absolute atomic E-state index is 13.0. The number of nitrogens with one attached hydrogen (secondary N) is 1. The number of allylic oxidation sites excluding steroid dienone is 4. The molecule has 0 saturated heterocycles. The van der Waals surface area contributed by atoms with Crippen LogP contribution in [0.5, 0.6) is 0 Å². The largest absolute Gasteiger partial charge is 0.462 e. The first-order valence-corrected chi connectivity index (χ1v) is 20.1. The number of hydrogen-bond donors (Lipinski definition) is 3. The van der Waals surface area contributed by atoms with E-state index in [2.05, 4.69) is 50.4 Å². The molecule has 0 aliphatic carbocycles. The standard InChI is InChI=1S/C41H77NO5/c1-4-7-10-13-16-19-20-22-25-28-31-34-41(46)47-37(32-29-26-23-18-15-12-9-6-3)35-40(45)42-38(36-43)39(44)33-30-27-24-21-17-14-11-8-5-2/h12-13,15-16,37-39,43-44H,4-11,14,17-36H2,1-3H3,(H,42,45)/b15-12-,16-13-. The van der Waals surface area contributed by atoms with E-state index in [1.54, 1.807) is 0 Å². The third-order valence-electron chi connectivity index (χ3n) is 8.98. The maximum atomic E-state index is 13.0. The second-order valence-corrected chi connectivity index (χ2v) is 13.7. The van der Waals surface area contributed by atoms with Crippen LogP contribution in [0.15, 0.2) is 24.3 Å². The Kier molecular flexibility index (Phi) is 34.4. The summed E-state index contributed by atoms with van der Waals surface area (Å²) in [5.74, 6) is -0.507. The van der Waals surface area contributed by atoms with Crippen LogP contribution in [0.25, 0.3) is 0 Å². The quantitative estimate of drug-likeness (QED) is 0.0356. The van der Waals surface area contributed by atoms with Crippen LogP contribution in [0, 0.1) is 0 Å². The molecule has 6 heteroatoms. The van der Waals surface area contributed by atoms with Crippen molar-refractivity contribution < 1.29 is 24.5 Å². The van der Waals surface area contributed by atoms with E-state index in [0.29, 0.717) is 19.3 Å². The lowest BCUT2D eigenvalue weighted by Crippen LogP contribution is -2.46. The molecule has 0 aliphatic rings. The van der Waals surface area contributed by atoms with Crippen molar-refractivity contribution in [3.63, 3.8) is 0 Å². The van der Waals surface area contributed by atoms with Gasteiger partial charge in [0.15, 0.2) is 0 Å². The molecular formula is C41H77NO5. The fraction of sp³-hybridized carbons (Fsp3) is 0.854. The number of hydrogen-bond acceptors (Lipinski definition) is 5. The van der Waals surface area contributed by atoms with Crippen molar-refractivity contribution in [2.24, 2.45) is 0 Å². The molecule has 0 radical (unpaired) electrons. The summed E-state index contributed by atoms with van der Waals surface area (Å²) < 4.78 is 5.83. The van der Waals surface area contributed by atoms with E-state index in [1.165, 1.54) is 70.6 Å². The average Bonchev–Trinajstić information content (AvgIpc) is 3.06. The highest BCUT2D eigenvalue weighted by atomic mass is 16.5. The second kappa shape index (κ2) is 35.6. The molecule has 0 bridgehead atoms. The van der Waals surface area contributed by atoms with Gasteiger partial charge in [0.2, 0.25) is 5.91 Å². The monoisotopic (exact) mass is 664 g/mol. The van der Waals surface area contributed by atoms with E-state index in [4.69, 9.17) is 4.74 Å². The lowest BCUT2D eigenvalue weighted by molar-refractivity contribution is -0.151. The van der Waals surface area contributed by atoms with Gasteiger partial charge < -0.3 is 20.3 Å². The Labute approximate surface area is 291 Å². The Morgan fingerprint density at radius 2 is 1.09 bits per heavy atom. The molecule has 1 amide bonds. The summed E-state index contributed by atoms with van der Waals surface area (Å²) in [5.41, 5.74) is 0. The van der Waals surface area contributed by atoms with Gasteiger partial charge in [0.25, 0.3) is 0 Å². The van der Waals surface area contributed by atoms with Crippen molar-refractivity contribution in [2.45, 2.75) is 219 Å². The Morgan fingerprint density at radius 1 is 0.596 bits per heavy atom. The van der Waals surface area contributed by atoms with E-state index in [1.807, 2.05) is 0 Å². The highest BCUT2D eigenvalue weighted by Gasteiger charge is 2.24. The number of rotatable bonds is 35. The number of unbranched alkanes of at least 4 members (excludes halogenated alkanes) is 19. The number of esters is 1. The molecule has 0 aromatic heterocycles. The van der Waals surface area contributed by atoms with Crippen molar-refractivity contribution in [3.8, 4) is 0 Å². The van der Waals surface area contributed by atoms with Gasteiger partial charge in [-0.2, -0.15) is 0 Å². The van der Waals surface area contributed by atoms with Crippen molar-refractivity contribution in [1.82, 2.24) is 5.32 Å². The summed E-state index contributed by atoms with van der Waals surface area (Å²) in [6, 6.07) is -0.699. The molecule has 0 spiro atoms. The lowest BCUT2D eigenvalue weighted by Gasteiger charge is -2.24. The highest BCUT2D eigenvalue weighted by Crippen LogP contribution is 2.16. The Morgan fingerprint density at radius 3 is 1.68 bits per heavy atom. The number of ether oxygens (including phenoxy) is 1. The predicted octanol–water partition coefficient (Wildman–Crippen LogP) is 10.8. The van der Waals surface area contributed by atoms with Gasteiger partial charge in [0.05, 0.1) is 25.2 Å². The fourth-order valence-corrected chi connectivity index (χ4v) is 5.88. The maximum Gasteiger partial charge on any atom is 0.306 e. The topological polar surface area (TPSA) is 95.9 Å². The van der Waals surface area contributed by atoms with Crippen molar-refractivity contribution in [1.29, 1.82) is 0 Å². The third-order valence-corrected chi connectivity index (χ3v) is 8.98. The smallest absolute Gasteiger partial charge is 0.306 e. The second-order valence-electron chi connectivity index (χ2n) is 13.7. The molecule has 0 heterocycles. The number of amides is 1. The van der Waals surface area contributed by atoms with Crippen LogP contribution in [0.2, 0.25) is 0 Å². The van der Waals surface area contributed by atoms with Crippen molar-refractivity contribution in [3.05, 3.63) is 24.3 Å². The van der Waals surface area contributed by atoms with Gasteiger partial charge in [-0.1, -0.05) is 148 Å². The number of carbonyl (C=O) groups is 2. The summed E-state index contributed by atoms with van der Waals surface area (Å²) in [4.78, 5) is 25.7. The average molecular weight is 664 g/mol. The van der Waals surface area contributed by atoms with Crippen LogP contribution in [0.4, 0.5) is 0 Å². The molecule has 0 aromatic carbocycles. The molecule has 47 heavy (non-hydrogen) atoms. The molecule has 3 atom stereocenters. The SMILES string of the molecule is CCC/C=C\CCCCCC(CC(=O)NC(CO)C(O)CCCCCCCCCCC)OC(=O)CCCCCCC/C=C\CCCC. The van der Waals surface area contributed by atoms with Gasteiger partial charge in [-0.25, -0.2) is 0 Å². The van der Waals surface area contributed by atoms with E-state index in [0.717, 1.165) is 83.5 Å². The summed E-state index contributed by atoms with van der Waals surface area (Å²) >= 11 is 0. The van der Waals surface area contributed by atoms with Gasteiger partial charge in [-0.15, -0.1) is 0 Å². The first-order valence-electron chi connectivity index (χ1n) is 20.1. The van der Waals surface area contributed by atoms with Gasteiger partial charge in [0.1, 0.15) is 6.10 Å². The lowest BCUT2D eigenvalue weighted by atomic mass is 10.0. The van der Waals surface area contributed by atoms with Gasteiger partial charge in [0, 0.05) is 6.42 Å². The zero-order valence-corrected chi connectivity index (χ0v) is 31.2. The molecule has 0 aliphatic heterocycles. The molecule has 276 valence electrons. The highest BCUT2D eigenvalue weighted by molar-refractivity contribution is 5.77. The summed E-state index contributed by atoms with van der Waals surface area (Å²) in [6.45, 7) is 6.32. The first-order chi connectivity index (χ1) is 23.0. The molecule has 3 unspecified atom stereocenters. The van der Waals surface area contributed by atoms with Crippen LogP contribution in [0.1, 0.15) is 201 Å². The van der Waals surface area contributed by atoms with Crippen LogP contribution in [0.3, 0.4) is 0 Å². The molecule has 0 rings (SSSR count). The molecule has 3 N–H and O–H groups in total. The Balaban J connectivity index is 4.58. The minimum atomic E-state index is -0.785. The van der Waals surface area contributed by atoms with E-state index in [9.17, 15) is 19.8 Å². The molecule has 0 aromatic rings. The van der Waals surface area contributed by atoms with Crippen LogP contribution < -0.4 is 5.32 Å². The van der Waals surface area contributed by atoms with Gasteiger partial charge >= 0.3 is 5.97 Å². The number of carbonyl (C=O) groups excluding carboxylic acids is 2. The van der Waals surface area contributed by atoms with Crippen molar-refractivity contribution in [2.75, 3.05) is 6.61 Å². The molecule has 0 fully saturated rings. The number of aliphatic hydroxyl groups excluding tert-OH is 2. The Hall–Kier alpha value is -1.66. The van der Waals surface area contributed by atoms with E-state index >= 15 is 0 Å². The summed E-state index contributed by atoms with van der Waals surface area (Å²) in [5, 5.41) is 23.4. The van der Waals surface area contributed by atoms with Crippen LogP contribution >= 0.6 is 0 Å². The molecular weight excluding hydrogens is 586 g/mol. The Bertz CT molecular complexity index is 752. The van der Waals surface area contributed by atoms with Crippen LogP contribution in [-0.4, -0.2) is 46.9 Å². The van der Waals surface area contributed by atoms with Crippen molar-refractivity contribution >= 4 is 11.9 Å². The minimum absolute atomic E-state index is 0.0647. The molecule has 6 nitrogen and oxygen atoms in total. The predicted molar refractivity (Wildman–Crippen MR) is 199 cm³/mol. The van der Waals surface area contributed by atoms with Gasteiger partial charge in [-0.05, 0) is 64.2 Å². The number of aliphatic hydroxyl groups is 2. The summed E-state index contributed by atoms with van der Waals surface area (Å²) in [7, 11) is 0. The first kappa shape index (κ1) is 45.3. The van der Waals surface area contributed by atoms with E-state index in [-0.39, 0.29) is 24.9 Å². The zero-order valence-electron chi connectivity index (χ0n) is 31.2. The molecule has 0 saturated carbocycles. The fourth-order valence-electron chi connectivity index (χ4n) is 5.88. The minimum Gasteiger partial charge on any atom is -0.462 e. The zero-order chi connectivity index (χ0) is 34.6. The van der Waals surface area contributed by atoms with Crippen LogP contribution in [-0.2, 0) is 14.3 Å². The van der Waals surface area contributed by atoms with Gasteiger partial charge in [-0.3, -0.25) is 9.59 Å². The third kappa shape index (κ3) is 31.4.